The molecule has 1 amide bonds. The Balaban J connectivity index is 1.68. The fourth-order valence-corrected chi connectivity index (χ4v) is 5.10. The molecule has 0 aliphatic carbocycles. The van der Waals surface area contributed by atoms with Crippen LogP contribution in [0.2, 0.25) is 0 Å². The number of carbonyl (C=O) groups is 2. The number of rotatable bonds is 7. The van der Waals surface area contributed by atoms with Crippen molar-refractivity contribution in [3.63, 3.8) is 0 Å². The van der Waals surface area contributed by atoms with E-state index in [-0.39, 0.29) is 30.5 Å². The molecule has 2 N–H and O–H groups in total. The van der Waals surface area contributed by atoms with Gasteiger partial charge in [0.25, 0.3) is 11.2 Å². The maximum atomic E-state index is 13.5. The predicted octanol–water partition coefficient (Wildman–Crippen LogP) is 5.41. The SMILES string of the molecule is O=C(O)CCC(=O)N1N=C(c2c(-c3ccccc3)c3cc(Br)ccc3[nH]c2=O)CC1c1ccc([N+](=O)[O-])cc1. The average Bonchev–Trinajstić information content (AvgIpc) is 3.37. The molecule has 10 nitrogen and oxygen atoms in total. The quantitative estimate of drug-likeness (QED) is 0.218. The standard InChI is InChI=1S/C28H21BrN4O6/c29-18-8-11-21-20(14-18)26(17-4-2-1-3-5-17)27(28(37)30-21)22-15-23(16-6-9-19(10-7-16)33(38)39)32(31-22)24(34)12-13-25(35)36/h1-11,14,23H,12-13,15H2,(H,30,37)(H,35,36). The molecular weight excluding hydrogens is 568 g/mol. The third-order valence-corrected chi connectivity index (χ3v) is 7.03. The molecule has 1 atom stereocenters. The first-order chi connectivity index (χ1) is 18.7. The van der Waals surface area contributed by atoms with E-state index >= 15 is 0 Å². The van der Waals surface area contributed by atoms with Crippen LogP contribution in [0.25, 0.3) is 22.0 Å². The van der Waals surface area contributed by atoms with Crippen molar-refractivity contribution < 1.29 is 19.6 Å². The number of H-pyrrole nitrogens is 1. The van der Waals surface area contributed by atoms with E-state index < -0.39 is 22.8 Å². The smallest absolute Gasteiger partial charge is 0.303 e. The largest absolute Gasteiger partial charge is 0.481 e. The van der Waals surface area contributed by atoms with Gasteiger partial charge in [0.1, 0.15) is 0 Å². The summed E-state index contributed by atoms with van der Waals surface area (Å²) >= 11 is 3.51. The molecule has 3 aromatic carbocycles. The second kappa shape index (κ2) is 10.6. The number of halogens is 1. The number of fused-ring (bicyclic) bond motifs is 1. The Bertz CT molecular complexity index is 1700. The summed E-state index contributed by atoms with van der Waals surface area (Å²) < 4.78 is 0.813. The molecule has 0 radical (unpaired) electrons. The zero-order valence-corrected chi connectivity index (χ0v) is 21.9. The Morgan fingerprint density at radius 1 is 1.05 bits per heavy atom. The van der Waals surface area contributed by atoms with Crippen LogP contribution in [0.5, 0.6) is 0 Å². The number of aromatic amines is 1. The Kier molecular flexibility index (Phi) is 7.07. The lowest BCUT2D eigenvalue weighted by Gasteiger charge is -2.21. The fourth-order valence-electron chi connectivity index (χ4n) is 4.74. The molecule has 0 saturated carbocycles. The monoisotopic (exact) mass is 588 g/mol. The van der Waals surface area contributed by atoms with Crippen molar-refractivity contribution in [3.05, 3.63) is 109 Å². The number of benzene rings is 3. The van der Waals surface area contributed by atoms with Gasteiger partial charge in [-0.25, -0.2) is 5.01 Å². The minimum Gasteiger partial charge on any atom is -0.481 e. The number of nitrogens with zero attached hydrogens (tertiary/aromatic N) is 3. The van der Waals surface area contributed by atoms with Gasteiger partial charge < -0.3 is 10.1 Å². The first-order valence-electron chi connectivity index (χ1n) is 12.0. The molecule has 196 valence electrons. The van der Waals surface area contributed by atoms with Gasteiger partial charge in [0.05, 0.1) is 28.7 Å². The lowest BCUT2D eigenvalue weighted by Crippen LogP contribution is -2.27. The van der Waals surface area contributed by atoms with E-state index in [2.05, 4.69) is 26.0 Å². The molecule has 0 spiro atoms. The van der Waals surface area contributed by atoms with Crippen molar-refractivity contribution in [1.82, 2.24) is 9.99 Å². The zero-order chi connectivity index (χ0) is 27.7. The minimum atomic E-state index is -1.12. The third kappa shape index (κ3) is 5.21. The first-order valence-corrected chi connectivity index (χ1v) is 12.8. The lowest BCUT2D eigenvalue weighted by atomic mass is 9.91. The van der Waals surface area contributed by atoms with Crippen LogP contribution in [0.15, 0.2) is 87.2 Å². The normalized spacial score (nSPS) is 14.8. The summed E-state index contributed by atoms with van der Waals surface area (Å²) in [5.74, 6) is -1.65. The highest BCUT2D eigenvalue weighted by Crippen LogP contribution is 2.38. The van der Waals surface area contributed by atoms with Gasteiger partial charge in [-0.1, -0.05) is 58.4 Å². The van der Waals surface area contributed by atoms with Crippen LogP contribution in [-0.4, -0.2) is 37.6 Å². The van der Waals surface area contributed by atoms with Crippen LogP contribution in [0.4, 0.5) is 5.69 Å². The highest BCUT2D eigenvalue weighted by atomic mass is 79.9. The Hall–Kier alpha value is -4.64. The van der Waals surface area contributed by atoms with Gasteiger partial charge in [0, 0.05) is 45.9 Å². The van der Waals surface area contributed by atoms with Crippen molar-refractivity contribution in [1.29, 1.82) is 0 Å². The van der Waals surface area contributed by atoms with Crippen LogP contribution in [0.1, 0.15) is 36.4 Å². The van der Waals surface area contributed by atoms with E-state index in [4.69, 9.17) is 5.11 Å². The number of amides is 1. The van der Waals surface area contributed by atoms with Gasteiger partial charge in [-0.2, -0.15) is 5.10 Å². The number of non-ortho nitro benzene ring substituents is 1. The number of hydrazone groups is 1. The van der Waals surface area contributed by atoms with E-state index in [1.807, 2.05) is 42.5 Å². The molecule has 1 aliphatic heterocycles. The Morgan fingerprint density at radius 2 is 1.77 bits per heavy atom. The van der Waals surface area contributed by atoms with Crippen molar-refractivity contribution in [2.75, 3.05) is 0 Å². The summed E-state index contributed by atoms with van der Waals surface area (Å²) in [6, 6.07) is 20.0. The number of aliphatic carboxylic acids is 1. The summed E-state index contributed by atoms with van der Waals surface area (Å²) in [5.41, 5.74) is 2.80. The van der Waals surface area contributed by atoms with Crippen LogP contribution < -0.4 is 5.56 Å². The summed E-state index contributed by atoms with van der Waals surface area (Å²) in [6.45, 7) is 0. The molecule has 0 bridgehead atoms. The minimum absolute atomic E-state index is 0.107. The number of hydrogen-bond donors (Lipinski definition) is 2. The Labute approximate surface area is 229 Å². The van der Waals surface area contributed by atoms with E-state index in [0.717, 1.165) is 15.4 Å². The van der Waals surface area contributed by atoms with E-state index in [9.17, 15) is 24.5 Å². The summed E-state index contributed by atoms with van der Waals surface area (Å²) in [5, 5.41) is 26.8. The average molecular weight is 589 g/mol. The van der Waals surface area contributed by atoms with Crippen LogP contribution in [0, 0.1) is 10.1 Å². The topological polar surface area (TPSA) is 146 Å². The maximum absolute atomic E-state index is 13.5. The maximum Gasteiger partial charge on any atom is 0.303 e. The van der Waals surface area contributed by atoms with Gasteiger partial charge in [-0.15, -0.1) is 0 Å². The number of hydrogen-bond acceptors (Lipinski definition) is 6. The van der Waals surface area contributed by atoms with E-state index in [1.54, 1.807) is 18.2 Å². The predicted molar refractivity (Wildman–Crippen MR) is 148 cm³/mol. The van der Waals surface area contributed by atoms with Crippen LogP contribution in [0.3, 0.4) is 0 Å². The number of carboxylic acids is 1. The van der Waals surface area contributed by atoms with Crippen LogP contribution in [-0.2, 0) is 9.59 Å². The molecular formula is C28H21BrN4O6. The molecule has 1 aromatic heterocycles. The van der Waals surface area contributed by atoms with Crippen LogP contribution >= 0.6 is 15.9 Å². The first kappa shape index (κ1) is 26.0. The summed E-state index contributed by atoms with van der Waals surface area (Å²) in [4.78, 5) is 51.4. The van der Waals surface area contributed by atoms with Crippen molar-refractivity contribution in [2.45, 2.75) is 25.3 Å². The van der Waals surface area contributed by atoms with Gasteiger partial charge in [0.2, 0.25) is 5.91 Å². The highest BCUT2D eigenvalue weighted by molar-refractivity contribution is 9.10. The van der Waals surface area contributed by atoms with Gasteiger partial charge in [-0.3, -0.25) is 24.5 Å². The van der Waals surface area contributed by atoms with Gasteiger partial charge in [0.15, 0.2) is 0 Å². The number of nitrogens with one attached hydrogen (secondary N) is 1. The number of nitro benzene ring substituents is 1. The highest BCUT2D eigenvalue weighted by Gasteiger charge is 2.35. The third-order valence-electron chi connectivity index (χ3n) is 6.53. The molecule has 1 unspecified atom stereocenters. The molecule has 0 saturated heterocycles. The molecule has 2 heterocycles. The molecule has 0 fully saturated rings. The number of carboxylic acid groups (broad SMARTS) is 1. The van der Waals surface area contributed by atoms with Crippen molar-refractivity contribution in [2.24, 2.45) is 5.10 Å². The second-order valence-corrected chi connectivity index (χ2v) is 9.92. The van der Waals surface area contributed by atoms with E-state index in [0.29, 0.717) is 27.9 Å². The number of nitro groups is 1. The lowest BCUT2D eigenvalue weighted by molar-refractivity contribution is -0.384. The summed E-state index contributed by atoms with van der Waals surface area (Å²) in [7, 11) is 0. The molecule has 5 rings (SSSR count). The van der Waals surface area contributed by atoms with Gasteiger partial charge in [-0.05, 0) is 29.3 Å². The Morgan fingerprint density at radius 3 is 2.44 bits per heavy atom. The second-order valence-electron chi connectivity index (χ2n) is 9.01. The molecule has 39 heavy (non-hydrogen) atoms. The van der Waals surface area contributed by atoms with Crippen molar-refractivity contribution in [3.8, 4) is 11.1 Å². The van der Waals surface area contributed by atoms with Crippen molar-refractivity contribution >= 4 is 50.1 Å². The summed E-state index contributed by atoms with van der Waals surface area (Å²) in [6.07, 6.45) is -0.520. The molecule has 4 aromatic rings. The number of pyridine rings is 1. The van der Waals surface area contributed by atoms with E-state index in [1.165, 1.54) is 17.1 Å². The zero-order valence-electron chi connectivity index (χ0n) is 20.3. The number of aromatic nitrogens is 1. The van der Waals surface area contributed by atoms with Gasteiger partial charge >= 0.3 is 5.97 Å². The molecule has 11 heteroatoms. The fraction of sp³-hybridized carbons (Fsp3) is 0.143. The number of carbonyl (C=O) groups excluding carboxylic acids is 1. The molecule has 1 aliphatic rings.